The van der Waals surface area contributed by atoms with E-state index in [4.69, 9.17) is 4.74 Å². The summed E-state index contributed by atoms with van der Waals surface area (Å²) in [5, 5.41) is 3.10. The number of nitrogens with zero attached hydrogens (tertiary/aromatic N) is 1. The highest BCUT2D eigenvalue weighted by Crippen LogP contribution is 2.27. The van der Waals surface area contributed by atoms with Gasteiger partial charge in [-0.05, 0) is 30.8 Å². The van der Waals surface area contributed by atoms with Crippen LogP contribution in [0, 0.1) is 0 Å². The minimum Gasteiger partial charge on any atom is -0.496 e. The summed E-state index contributed by atoms with van der Waals surface area (Å²) in [5.41, 5.74) is 3.12. The Balaban J connectivity index is 2.33. The fourth-order valence-corrected chi connectivity index (χ4v) is 1.75. The fourth-order valence-electron chi connectivity index (χ4n) is 1.75. The van der Waals surface area contributed by atoms with Crippen molar-refractivity contribution in [1.82, 2.24) is 10.3 Å². The minimum atomic E-state index is 0.833. The maximum atomic E-state index is 5.33. The summed E-state index contributed by atoms with van der Waals surface area (Å²) in [7, 11) is 3.60. The molecule has 2 rings (SSSR count). The Hall–Kier alpha value is -1.87. The molecule has 3 nitrogen and oxygen atoms in total. The van der Waals surface area contributed by atoms with E-state index < -0.39 is 0 Å². The van der Waals surface area contributed by atoms with Gasteiger partial charge in [-0.1, -0.05) is 18.2 Å². The van der Waals surface area contributed by atoms with Crippen LogP contribution < -0.4 is 10.1 Å². The van der Waals surface area contributed by atoms with Gasteiger partial charge in [0.2, 0.25) is 0 Å². The minimum absolute atomic E-state index is 0.833. The monoisotopic (exact) mass is 228 g/mol. The van der Waals surface area contributed by atoms with E-state index >= 15 is 0 Å². The number of ether oxygens (including phenoxy) is 1. The molecular weight excluding hydrogens is 212 g/mol. The lowest BCUT2D eigenvalue weighted by atomic mass is 10.1. The fraction of sp³-hybridized carbons (Fsp3) is 0.214. The van der Waals surface area contributed by atoms with E-state index in [1.807, 2.05) is 43.6 Å². The number of benzene rings is 1. The van der Waals surface area contributed by atoms with Crippen molar-refractivity contribution < 1.29 is 4.74 Å². The summed E-state index contributed by atoms with van der Waals surface area (Å²) < 4.78 is 5.33. The number of hydrogen-bond acceptors (Lipinski definition) is 3. The Morgan fingerprint density at radius 3 is 2.65 bits per heavy atom. The van der Waals surface area contributed by atoms with Gasteiger partial charge in [0, 0.05) is 18.3 Å². The Labute approximate surface area is 101 Å². The van der Waals surface area contributed by atoms with Crippen LogP contribution in [0.2, 0.25) is 0 Å². The highest BCUT2D eigenvalue weighted by atomic mass is 16.5. The molecule has 0 bridgehead atoms. The predicted octanol–water partition coefficient (Wildman–Crippen LogP) is 2.48. The van der Waals surface area contributed by atoms with Gasteiger partial charge >= 0.3 is 0 Å². The predicted molar refractivity (Wildman–Crippen MR) is 69.0 cm³/mol. The van der Waals surface area contributed by atoms with E-state index in [0.29, 0.717) is 0 Å². The Kier molecular flexibility index (Phi) is 3.73. The number of methoxy groups -OCH3 is 1. The first-order valence-corrected chi connectivity index (χ1v) is 5.58. The first-order valence-electron chi connectivity index (χ1n) is 5.58. The Morgan fingerprint density at radius 2 is 2.00 bits per heavy atom. The Morgan fingerprint density at radius 1 is 1.18 bits per heavy atom. The van der Waals surface area contributed by atoms with Gasteiger partial charge in [-0.15, -0.1) is 0 Å². The standard InChI is InChI=1S/C14H16N2O/c1-15-9-11-7-8-13(16-10-11)12-5-3-4-6-14(12)17-2/h3-8,10,15H,9H2,1-2H3. The van der Waals surface area contributed by atoms with Crippen molar-refractivity contribution in [2.24, 2.45) is 0 Å². The largest absolute Gasteiger partial charge is 0.496 e. The summed E-state index contributed by atoms with van der Waals surface area (Å²) in [4.78, 5) is 4.46. The average Bonchev–Trinajstić information content (AvgIpc) is 2.40. The van der Waals surface area contributed by atoms with E-state index in [1.54, 1.807) is 7.11 Å². The van der Waals surface area contributed by atoms with Crippen LogP contribution in [-0.2, 0) is 6.54 Å². The van der Waals surface area contributed by atoms with Crippen molar-refractivity contribution >= 4 is 0 Å². The van der Waals surface area contributed by atoms with Crippen LogP contribution in [0.25, 0.3) is 11.3 Å². The third-order valence-corrected chi connectivity index (χ3v) is 2.59. The van der Waals surface area contributed by atoms with Crippen molar-refractivity contribution in [1.29, 1.82) is 0 Å². The van der Waals surface area contributed by atoms with Crippen molar-refractivity contribution in [3.63, 3.8) is 0 Å². The molecule has 0 aliphatic heterocycles. The molecule has 0 saturated carbocycles. The zero-order chi connectivity index (χ0) is 12.1. The Bertz CT molecular complexity index is 480. The van der Waals surface area contributed by atoms with Gasteiger partial charge in [0.25, 0.3) is 0 Å². The maximum Gasteiger partial charge on any atom is 0.128 e. The summed E-state index contributed by atoms with van der Waals surface area (Å²) >= 11 is 0. The molecule has 1 aromatic heterocycles. The molecule has 1 heterocycles. The normalized spacial score (nSPS) is 10.2. The van der Waals surface area contributed by atoms with Crippen LogP contribution in [0.1, 0.15) is 5.56 Å². The molecule has 0 fully saturated rings. The number of para-hydroxylation sites is 1. The topological polar surface area (TPSA) is 34.1 Å². The molecule has 1 aromatic carbocycles. The molecule has 2 aromatic rings. The molecule has 0 amide bonds. The van der Waals surface area contributed by atoms with Gasteiger partial charge < -0.3 is 10.1 Å². The third-order valence-electron chi connectivity index (χ3n) is 2.59. The number of pyridine rings is 1. The first kappa shape index (κ1) is 11.6. The molecule has 0 spiro atoms. The quantitative estimate of drug-likeness (QED) is 0.873. The molecule has 3 heteroatoms. The molecule has 0 atom stereocenters. The number of aromatic nitrogens is 1. The molecular formula is C14H16N2O. The molecule has 1 N–H and O–H groups in total. The van der Waals surface area contributed by atoms with E-state index in [2.05, 4.69) is 16.4 Å². The van der Waals surface area contributed by atoms with Gasteiger partial charge in [-0.25, -0.2) is 0 Å². The van der Waals surface area contributed by atoms with E-state index in [0.717, 1.165) is 23.6 Å². The highest BCUT2D eigenvalue weighted by molar-refractivity contribution is 5.66. The number of rotatable bonds is 4. The third kappa shape index (κ3) is 2.63. The summed E-state index contributed by atoms with van der Waals surface area (Å²) in [6, 6.07) is 12.0. The lowest BCUT2D eigenvalue weighted by Gasteiger charge is -2.08. The lowest BCUT2D eigenvalue weighted by molar-refractivity contribution is 0.416. The smallest absolute Gasteiger partial charge is 0.128 e. The molecule has 0 aliphatic carbocycles. The van der Waals surface area contributed by atoms with Crippen LogP contribution in [0.5, 0.6) is 5.75 Å². The van der Waals surface area contributed by atoms with Gasteiger partial charge in [0.05, 0.1) is 12.8 Å². The van der Waals surface area contributed by atoms with Gasteiger partial charge in [-0.3, -0.25) is 4.98 Å². The second-order valence-corrected chi connectivity index (χ2v) is 3.78. The summed E-state index contributed by atoms with van der Waals surface area (Å²) in [6.07, 6.45) is 1.89. The molecule has 0 unspecified atom stereocenters. The van der Waals surface area contributed by atoms with Crippen LogP contribution in [-0.4, -0.2) is 19.1 Å². The highest BCUT2D eigenvalue weighted by Gasteiger charge is 2.05. The molecule has 0 saturated heterocycles. The summed E-state index contributed by atoms with van der Waals surface area (Å²) in [5.74, 6) is 0.848. The molecule has 0 aliphatic rings. The van der Waals surface area contributed by atoms with Gasteiger partial charge in [0.15, 0.2) is 0 Å². The number of nitrogens with one attached hydrogen (secondary N) is 1. The average molecular weight is 228 g/mol. The lowest BCUT2D eigenvalue weighted by Crippen LogP contribution is -2.05. The molecule has 88 valence electrons. The SMILES string of the molecule is CNCc1ccc(-c2ccccc2OC)nc1. The van der Waals surface area contributed by atoms with Crippen molar-refractivity contribution in [3.05, 3.63) is 48.2 Å². The zero-order valence-corrected chi connectivity index (χ0v) is 10.1. The van der Waals surface area contributed by atoms with E-state index in [9.17, 15) is 0 Å². The van der Waals surface area contributed by atoms with Crippen molar-refractivity contribution in [2.45, 2.75) is 6.54 Å². The summed E-state index contributed by atoms with van der Waals surface area (Å²) in [6.45, 7) is 0.833. The van der Waals surface area contributed by atoms with Crippen LogP contribution in [0.3, 0.4) is 0 Å². The van der Waals surface area contributed by atoms with Crippen LogP contribution in [0.15, 0.2) is 42.6 Å². The van der Waals surface area contributed by atoms with E-state index in [1.165, 1.54) is 5.56 Å². The maximum absolute atomic E-state index is 5.33. The second kappa shape index (κ2) is 5.46. The van der Waals surface area contributed by atoms with Crippen LogP contribution in [0.4, 0.5) is 0 Å². The van der Waals surface area contributed by atoms with Crippen molar-refractivity contribution in [2.75, 3.05) is 14.2 Å². The van der Waals surface area contributed by atoms with Crippen molar-refractivity contribution in [3.8, 4) is 17.0 Å². The zero-order valence-electron chi connectivity index (χ0n) is 10.1. The number of hydrogen-bond donors (Lipinski definition) is 1. The molecule has 0 radical (unpaired) electrons. The second-order valence-electron chi connectivity index (χ2n) is 3.78. The van der Waals surface area contributed by atoms with E-state index in [-0.39, 0.29) is 0 Å². The first-order chi connectivity index (χ1) is 8.35. The molecule has 17 heavy (non-hydrogen) atoms. The van der Waals surface area contributed by atoms with Gasteiger partial charge in [0.1, 0.15) is 5.75 Å². The van der Waals surface area contributed by atoms with Crippen LogP contribution >= 0.6 is 0 Å². The van der Waals surface area contributed by atoms with Gasteiger partial charge in [-0.2, -0.15) is 0 Å².